The minimum Gasteiger partial charge on any atom is -0.379 e. The predicted molar refractivity (Wildman–Crippen MR) is 92.7 cm³/mol. The largest absolute Gasteiger partial charge is 0.379 e. The first-order valence-electron chi connectivity index (χ1n) is 8.75. The summed E-state index contributed by atoms with van der Waals surface area (Å²) in [6.45, 7) is 25.5. The molecule has 1 aliphatic rings. The lowest BCUT2D eigenvalue weighted by atomic mass is 9.66. The van der Waals surface area contributed by atoms with Gasteiger partial charge in [-0.1, -0.05) is 41.5 Å². The molecule has 0 N–H and O–H groups in total. The fraction of sp³-hybridized carbons (Fsp3) is 1.00. The average molecular weight is 298 g/mol. The lowest BCUT2D eigenvalue weighted by Crippen LogP contribution is -2.71. The van der Waals surface area contributed by atoms with Gasteiger partial charge in [0.25, 0.3) is 0 Å². The third-order valence-corrected chi connectivity index (χ3v) is 6.37. The van der Waals surface area contributed by atoms with Crippen LogP contribution < -0.4 is 0 Å². The molecule has 0 bridgehead atoms. The highest BCUT2D eigenvalue weighted by Gasteiger charge is 2.57. The Morgan fingerprint density at radius 2 is 1.62 bits per heavy atom. The maximum atomic E-state index is 6.20. The van der Waals surface area contributed by atoms with E-state index in [2.05, 4.69) is 74.1 Å². The van der Waals surface area contributed by atoms with Crippen LogP contribution in [0.5, 0.6) is 0 Å². The van der Waals surface area contributed by atoms with E-state index in [4.69, 9.17) is 4.74 Å². The standard InChI is InChI=1S/C19H39NO/c1-11-17(7,8)20-18(9,10)15(3)13-21-14-19(20,12-2)16(4,5)6/h15H,11-14H2,1-10H3. The van der Waals surface area contributed by atoms with Gasteiger partial charge in [0, 0.05) is 16.6 Å². The highest BCUT2D eigenvalue weighted by molar-refractivity contribution is 5.11. The Hall–Kier alpha value is -0.0800. The molecule has 1 heterocycles. The third-order valence-electron chi connectivity index (χ3n) is 6.37. The Morgan fingerprint density at radius 1 is 1.10 bits per heavy atom. The third kappa shape index (κ3) is 3.03. The van der Waals surface area contributed by atoms with Gasteiger partial charge >= 0.3 is 0 Å². The summed E-state index contributed by atoms with van der Waals surface area (Å²) >= 11 is 0. The van der Waals surface area contributed by atoms with Gasteiger partial charge in [0.05, 0.1) is 13.2 Å². The van der Waals surface area contributed by atoms with Crippen LogP contribution in [0.15, 0.2) is 0 Å². The quantitative estimate of drug-likeness (QED) is 0.717. The zero-order chi connectivity index (χ0) is 16.7. The second kappa shape index (κ2) is 5.85. The number of nitrogens with zero attached hydrogens (tertiary/aromatic N) is 1. The van der Waals surface area contributed by atoms with Crippen LogP contribution in [0.4, 0.5) is 0 Å². The number of hydrogen-bond donors (Lipinski definition) is 0. The maximum Gasteiger partial charge on any atom is 0.0656 e. The predicted octanol–water partition coefficient (Wildman–Crippen LogP) is 5.12. The van der Waals surface area contributed by atoms with Crippen LogP contribution in [-0.2, 0) is 4.74 Å². The highest BCUT2D eigenvalue weighted by atomic mass is 16.5. The van der Waals surface area contributed by atoms with E-state index in [1.165, 1.54) is 0 Å². The zero-order valence-electron chi connectivity index (χ0n) is 16.3. The molecule has 21 heavy (non-hydrogen) atoms. The summed E-state index contributed by atoms with van der Waals surface area (Å²) in [5.74, 6) is 0.527. The molecule has 0 amide bonds. The summed E-state index contributed by atoms with van der Waals surface area (Å²) in [7, 11) is 0. The van der Waals surface area contributed by atoms with Gasteiger partial charge in [0.1, 0.15) is 0 Å². The minimum atomic E-state index is 0.0702. The fourth-order valence-electron chi connectivity index (χ4n) is 4.30. The van der Waals surface area contributed by atoms with Crippen molar-refractivity contribution >= 4 is 0 Å². The van der Waals surface area contributed by atoms with Gasteiger partial charge in [-0.05, 0) is 51.9 Å². The molecule has 0 saturated carbocycles. The molecule has 1 aliphatic heterocycles. The van der Waals surface area contributed by atoms with Crippen LogP contribution in [0, 0.1) is 11.3 Å². The summed E-state index contributed by atoms with van der Waals surface area (Å²) in [5, 5.41) is 0. The first-order chi connectivity index (χ1) is 9.37. The molecule has 2 unspecified atom stereocenters. The van der Waals surface area contributed by atoms with Gasteiger partial charge in [-0.3, -0.25) is 4.90 Å². The molecule has 0 aromatic carbocycles. The Balaban J connectivity index is 3.58. The van der Waals surface area contributed by atoms with E-state index in [1.807, 2.05) is 0 Å². The monoisotopic (exact) mass is 297 g/mol. The van der Waals surface area contributed by atoms with Crippen LogP contribution in [0.1, 0.15) is 82.1 Å². The SMILES string of the molecule is CCC(C)(C)N1C(C)(C)C(C)COCC1(CC)C(C)(C)C. The summed E-state index contributed by atoms with van der Waals surface area (Å²) in [6.07, 6.45) is 2.27. The second-order valence-corrected chi connectivity index (χ2v) is 9.21. The van der Waals surface area contributed by atoms with Crippen molar-refractivity contribution in [1.29, 1.82) is 0 Å². The zero-order valence-corrected chi connectivity index (χ0v) is 16.3. The van der Waals surface area contributed by atoms with Crippen molar-refractivity contribution in [3.63, 3.8) is 0 Å². The molecule has 2 nitrogen and oxygen atoms in total. The van der Waals surface area contributed by atoms with Crippen molar-refractivity contribution in [2.24, 2.45) is 11.3 Å². The summed E-state index contributed by atoms with van der Waals surface area (Å²) in [6, 6.07) is 0. The van der Waals surface area contributed by atoms with E-state index in [9.17, 15) is 0 Å². The van der Waals surface area contributed by atoms with E-state index in [1.54, 1.807) is 0 Å². The molecule has 0 aromatic rings. The van der Waals surface area contributed by atoms with Gasteiger partial charge in [-0.2, -0.15) is 0 Å². The Morgan fingerprint density at radius 3 is 2.00 bits per heavy atom. The number of hydrogen-bond acceptors (Lipinski definition) is 2. The van der Waals surface area contributed by atoms with Gasteiger partial charge < -0.3 is 4.74 Å². The molecule has 1 fully saturated rings. The average Bonchev–Trinajstić information content (AvgIpc) is 2.44. The second-order valence-electron chi connectivity index (χ2n) is 9.21. The van der Waals surface area contributed by atoms with Crippen molar-refractivity contribution in [3.8, 4) is 0 Å². The lowest BCUT2D eigenvalue weighted by Gasteiger charge is -2.63. The molecule has 0 aliphatic carbocycles. The summed E-state index contributed by atoms with van der Waals surface area (Å²) in [4.78, 5) is 2.82. The molecule has 126 valence electrons. The highest BCUT2D eigenvalue weighted by Crippen LogP contribution is 2.50. The van der Waals surface area contributed by atoms with Gasteiger partial charge in [0.2, 0.25) is 0 Å². The van der Waals surface area contributed by atoms with Crippen molar-refractivity contribution in [2.45, 2.75) is 98.7 Å². The molecule has 2 atom stereocenters. The van der Waals surface area contributed by atoms with Gasteiger partial charge in [-0.15, -0.1) is 0 Å². The van der Waals surface area contributed by atoms with E-state index >= 15 is 0 Å². The molecule has 1 saturated heterocycles. The first kappa shape index (κ1) is 19.0. The summed E-state index contributed by atoms with van der Waals surface area (Å²) < 4.78 is 6.20. The van der Waals surface area contributed by atoms with E-state index < -0.39 is 0 Å². The number of ether oxygens (including phenoxy) is 1. The first-order valence-corrected chi connectivity index (χ1v) is 8.75. The van der Waals surface area contributed by atoms with Crippen molar-refractivity contribution in [2.75, 3.05) is 13.2 Å². The minimum absolute atomic E-state index is 0.0702. The smallest absolute Gasteiger partial charge is 0.0656 e. The van der Waals surface area contributed by atoms with Crippen molar-refractivity contribution < 1.29 is 4.74 Å². The lowest BCUT2D eigenvalue weighted by molar-refractivity contribution is -0.144. The molecule has 0 spiro atoms. The fourth-order valence-corrected chi connectivity index (χ4v) is 4.30. The van der Waals surface area contributed by atoms with E-state index in [-0.39, 0.29) is 22.0 Å². The van der Waals surface area contributed by atoms with Gasteiger partial charge in [0.15, 0.2) is 0 Å². The number of rotatable bonds is 3. The van der Waals surface area contributed by atoms with Crippen LogP contribution >= 0.6 is 0 Å². The van der Waals surface area contributed by atoms with Crippen LogP contribution in [0.3, 0.4) is 0 Å². The molecule has 1 rings (SSSR count). The molecular formula is C19H39NO. The van der Waals surface area contributed by atoms with Crippen LogP contribution in [0.25, 0.3) is 0 Å². The Labute approximate surface area is 133 Å². The Bertz CT molecular complexity index is 353. The molecule has 0 radical (unpaired) electrons. The molecule has 2 heteroatoms. The van der Waals surface area contributed by atoms with Crippen LogP contribution in [-0.4, -0.2) is 34.7 Å². The van der Waals surface area contributed by atoms with E-state index in [0.29, 0.717) is 5.92 Å². The molecular weight excluding hydrogens is 258 g/mol. The van der Waals surface area contributed by atoms with Gasteiger partial charge in [-0.25, -0.2) is 0 Å². The molecule has 0 aromatic heterocycles. The van der Waals surface area contributed by atoms with Crippen molar-refractivity contribution in [3.05, 3.63) is 0 Å². The topological polar surface area (TPSA) is 12.5 Å². The maximum absolute atomic E-state index is 6.20. The Kier molecular flexibility index (Phi) is 5.28. The van der Waals surface area contributed by atoms with E-state index in [0.717, 1.165) is 26.1 Å². The van der Waals surface area contributed by atoms with Crippen molar-refractivity contribution in [1.82, 2.24) is 4.90 Å². The summed E-state index contributed by atoms with van der Waals surface area (Å²) in [5.41, 5.74) is 0.532. The van der Waals surface area contributed by atoms with Crippen LogP contribution in [0.2, 0.25) is 0 Å². The normalized spacial score (nSPS) is 32.0.